The number of aryl methyl sites for hydroxylation is 3. The first-order valence-electron chi connectivity index (χ1n) is 13.0. The van der Waals surface area contributed by atoms with Crippen LogP contribution in [-0.4, -0.2) is 15.4 Å². The van der Waals surface area contributed by atoms with Crippen LogP contribution in [0.4, 0.5) is 13.2 Å². The number of ether oxygens (including phenoxy) is 2. The van der Waals surface area contributed by atoms with Crippen molar-refractivity contribution in [1.29, 1.82) is 0 Å². The topological polar surface area (TPSA) is 52.6 Å². The van der Waals surface area contributed by atoms with Crippen LogP contribution in [-0.2, 0) is 39.8 Å². The minimum absolute atomic E-state index is 0.198. The Morgan fingerprint density at radius 1 is 0.829 bits per heavy atom. The molecular weight excluding hydrogens is 644 g/mol. The summed E-state index contributed by atoms with van der Waals surface area (Å²) in [6.07, 6.45) is 4.22. The molecule has 0 amide bonds. The van der Waals surface area contributed by atoms with E-state index >= 15 is 0 Å². The molecule has 1 aliphatic rings. The van der Waals surface area contributed by atoms with Gasteiger partial charge in [-0.1, -0.05) is 72.2 Å². The van der Waals surface area contributed by atoms with Crippen molar-refractivity contribution in [2.24, 2.45) is 0 Å². The van der Waals surface area contributed by atoms with Gasteiger partial charge in [0.15, 0.2) is 0 Å². The Hall–Kier alpha value is -3.40. The fourth-order valence-electron chi connectivity index (χ4n) is 4.13. The molecule has 0 N–H and O–H groups in total. The lowest BCUT2D eigenvalue weighted by Crippen LogP contribution is -2.12. The van der Waals surface area contributed by atoms with E-state index in [9.17, 15) is 22.8 Å². The molecule has 0 bridgehead atoms. The zero-order valence-corrected chi connectivity index (χ0v) is 25.4. The number of esters is 2. The van der Waals surface area contributed by atoms with E-state index in [-0.39, 0.29) is 23.1 Å². The largest absolute Gasteiger partial charge is 0.423 e. The van der Waals surface area contributed by atoms with Crippen molar-refractivity contribution >= 4 is 34.5 Å². The quantitative estimate of drug-likeness (QED) is 0.0832. The van der Waals surface area contributed by atoms with Crippen LogP contribution in [0.5, 0.6) is 5.75 Å². The summed E-state index contributed by atoms with van der Waals surface area (Å²) in [6.45, 7) is 12.2. The Morgan fingerprint density at radius 3 is 2.02 bits per heavy atom. The Morgan fingerprint density at radius 2 is 1.41 bits per heavy atom. The van der Waals surface area contributed by atoms with E-state index in [1.165, 1.54) is 6.07 Å². The second kappa shape index (κ2) is 13.5. The predicted octanol–water partition coefficient (Wildman–Crippen LogP) is 8.60. The third-order valence-corrected chi connectivity index (χ3v) is 6.88. The van der Waals surface area contributed by atoms with E-state index in [1.807, 2.05) is 13.0 Å². The molecule has 0 saturated heterocycles. The summed E-state index contributed by atoms with van der Waals surface area (Å²) >= 11 is 2.20. The predicted molar refractivity (Wildman–Crippen MR) is 163 cm³/mol. The van der Waals surface area contributed by atoms with Gasteiger partial charge in [-0.25, -0.2) is 9.59 Å². The molecule has 0 heterocycles. The first kappa shape index (κ1) is 32.1. The normalized spacial score (nSPS) is 16.8. The van der Waals surface area contributed by atoms with Crippen LogP contribution in [0.25, 0.3) is 0 Å². The maximum absolute atomic E-state index is 14.0. The van der Waals surface area contributed by atoms with Gasteiger partial charge in [0.2, 0.25) is 0 Å². The Labute approximate surface area is 252 Å². The number of hydrogen-bond donors (Lipinski definition) is 0. The van der Waals surface area contributed by atoms with E-state index in [0.29, 0.717) is 36.3 Å². The number of halogens is 4. The molecule has 8 heteroatoms. The van der Waals surface area contributed by atoms with E-state index < -0.39 is 27.1 Å². The molecule has 41 heavy (non-hydrogen) atoms. The molecule has 3 rings (SSSR count). The molecule has 0 fully saturated rings. The molecule has 1 aliphatic carbocycles. The maximum atomic E-state index is 14.0. The van der Waals surface area contributed by atoms with Crippen LogP contribution in [0.3, 0.4) is 0 Å². The van der Waals surface area contributed by atoms with Crippen molar-refractivity contribution < 1.29 is 32.2 Å². The van der Waals surface area contributed by atoms with E-state index in [1.54, 1.807) is 68.5 Å². The van der Waals surface area contributed by atoms with Gasteiger partial charge < -0.3 is 9.47 Å². The highest BCUT2D eigenvalue weighted by Gasteiger charge is 2.33. The molecule has 0 aliphatic heterocycles. The Kier molecular flexibility index (Phi) is 10.6. The molecule has 1 unspecified atom stereocenters. The van der Waals surface area contributed by atoms with Crippen LogP contribution < -0.4 is 4.74 Å². The molecule has 2 aromatic carbocycles. The SMILES string of the molecule is C=C(C)C(=O)OC1=CC(C)(I)C=C(CCc2ccc(CCc3ccc(OC(=O)C(=C)C)cc3)cc2C(F)(F)F)C=C1. The first-order valence-corrected chi connectivity index (χ1v) is 14.1. The average Bonchev–Trinajstić information content (AvgIpc) is 3.03. The standard InChI is InChI=1S/C33H32F3IO4/c1-21(2)30(38)40-27-15-10-23(11-16-27)6-7-24-8-13-26(29(18-24)33(34,35)36)14-9-25-12-17-28(20-32(5,37)19-25)41-31(39)22(3)4/h8,10-13,15-20H,1,3,6-7,9,14H2,2,4-5H3. The van der Waals surface area contributed by atoms with Crippen molar-refractivity contribution in [3.63, 3.8) is 0 Å². The summed E-state index contributed by atoms with van der Waals surface area (Å²) in [5.74, 6) is -0.305. The van der Waals surface area contributed by atoms with Crippen molar-refractivity contribution in [1.82, 2.24) is 0 Å². The summed E-state index contributed by atoms with van der Waals surface area (Å²) in [5, 5.41) is 0. The molecular formula is C33H32F3IO4. The van der Waals surface area contributed by atoms with E-state index in [0.717, 1.165) is 11.1 Å². The third-order valence-electron chi connectivity index (χ3n) is 6.26. The number of carbonyl (C=O) groups is 2. The summed E-state index contributed by atoms with van der Waals surface area (Å²) in [4.78, 5) is 23.6. The number of benzene rings is 2. The number of hydrogen-bond acceptors (Lipinski definition) is 4. The third kappa shape index (κ3) is 9.88. The van der Waals surface area contributed by atoms with E-state index in [2.05, 4.69) is 35.7 Å². The number of rotatable bonds is 10. The monoisotopic (exact) mass is 676 g/mol. The van der Waals surface area contributed by atoms with Gasteiger partial charge in [-0.3, -0.25) is 0 Å². The minimum Gasteiger partial charge on any atom is -0.423 e. The molecule has 2 aromatic rings. The fraction of sp³-hybridized carbons (Fsp3) is 0.273. The minimum atomic E-state index is -4.49. The highest BCUT2D eigenvalue weighted by Crippen LogP contribution is 2.35. The van der Waals surface area contributed by atoms with Gasteiger partial charge in [-0.15, -0.1) is 0 Å². The molecule has 4 nitrogen and oxygen atoms in total. The summed E-state index contributed by atoms with van der Waals surface area (Å²) in [5.41, 5.74) is 2.48. The lowest BCUT2D eigenvalue weighted by atomic mass is 9.94. The second-order valence-electron chi connectivity index (χ2n) is 10.2. The maximum Gasteiger partial charge on any atom is 0.416 e. The van der Waals surface area contributed by atoms with Crippen molar-refractivity contribution in [3.8, 4) is 5.75 Å². The van der Waals surface area contributed by atoms with Crippen molar-refractivity contribution in [2.45, 2.75) is 56.1 Å². The number of allylic oxidation sites excluding steroid dienone is 5. The van der Waals surface area contributed by atoms with E-state index in [4.69, 9.17) is 9.47 Å². The summed E-state index contributed by atoms with van der Waals surface area (Å²) in [7, 11) is 0. The highest BCUT2D eigenvalue weighted by atomic mass is 127. The molecule has 1 atom stereocenters. The first-order chi connectivity index (χ1) is 19.1. The highest BCUT2D eigenvalue weighted by molar-refractivity contribution is 14.1. The van der Waals surface area contributed by atoms with Crippen molar-refractivity contribution in [2.75, 3.05) is 0 Å². The average molecular weight is 677 g/mol. The van der Waals surface area contributed by atoms with Gasteiger partial charge in [0.25, 0.3) is 0 Å². The summed E-state index contributed by atoms with van der Waals surface area (Å²) in [6, 6.07) is 11.4. The van der Waals surface area contributed by atoms with Gasteiger partial charge in [0.05, 0.1) is 8.99 Å². The molecule has 216 valence electrons. The lowest BCUT2D eigenvalue weighted by Gasteiger charge is -2.17. The van der Waals surface area contributed by atoms with Crippen LogP contribution in [0.15, 0.2) is 102 Å². The lowest BCUT2D eigenvalue weighted by molar-refractivity contribution is -0.138. The van der Waals surface area contributed by atoms with Gasteiger partial charge in [-0.05, 0) is 99.1 Å². The van der Waals surface area contributed by atoms with Crippen LogP contribution >= 0.6 is 22.6 Å². The van der Waals surface area contributed by atoms with Crippen LogP contribution in [0.2, 0.25) is 0 Å². The van der Waals surface area contributed by atoms with Gasteiger partial charge in [-0.2, -0.15) is 13.2 Å². The smallest absolute Gasteiger partial charge is 0.416 e. The molecule has 0 saturated carbocycles. The van der Waals surface area contributed by atoms with Crippen LogP contribution in [0, 0.1) is 0 Å². The molecule has 0 spiro atoms. The zero-order valence-electron chi connectivity index (χ0n) is 23.2. The van der Waals surface area contributed by atoms with Gasteiger partial charge in [0, 0.05) is 11.1 Å². The fourth-order valence-corrected chi connectivity index (χ4v) is 4.83. The Bertz CT molecular complexity index is 1430. The summed E-state index contributed by atoms with van der Waals surface area (Å²) < 4.78 is 52.2. The zero-order chi connectivity index (χ0) is 30.4. The molecule has 0 radical (unpaired) electrons. The van der Waals surface area contributed by atoms with Gasteiger partial charge in [0.1, 0.15) is 11.5 Å². The Balaban J connectivity index is 1.69. The molecule has 0 aromatic heterocycles. The second-order valence-corrected chi connectivity index (χ2v) is 12.5. The van der Waals surface area contributed by atoms with Crippen LogP contribution in [0.1, 0.15) is 49.4 Å². The number of alkyl halides is 4. The number of carbonyl (C=O) groups excluding carboxylic acids is 2. The van der Waals surface area contributed by atoms with Crippen molar-refractivity contribution in [3.05, 3.63) is 125 Å². The van der Waals surface area contributed by atoms with Gasteiger partial charge >= 0.3 is 18.1 Å².